The van der Waals surface area contributed by atoms with E-state index in [4.69, 9.17) is 0 Å². The van der Waals surface area contributed by atoms with Crippen LogP contribution in [-0.4, -0.2) is 17.0 Å². The molecule has 0 aliphatic rings. The summed E-state index contributed by atoms with van der Waals surface area (Å²) in [6.45, 7) is 16.0. The lowest BCUT2D eigenvalue weighted by Gasteiger charge is -2.29. The molecule has 1 unspecified atom stereocenters. The Labute approximate surface area is 138 Å². The predicted octanol–water partition coefficient (Wildman–Crippen LogP) is 5.03. The maximum absolute atomic E-state index is 10.7. The molecule has 120 valence electrons. The predicted molar refractivity (Wildman–Crippen MR) is 95.7 cm³/mol. The molecular formula is C18H30BrNO. The van der Waals surface area contributed by atoms with Gasteiger partial charge < -0.3 is 10.4 Å². The molecule has 1 rings (SSSR count). The fraction of sp³-hybridized carbons (Fsp3) is 0.667. The largest absolute Gasteiger partial charge is 0.507 e. The Morgan fingerprint density at radius 1 is 1.05 bits per heavy atom. The Balaban J connectivity index is 3.40. The van der Waals surface area contributed by atoms with Crippen molar-refractivity contribution >= 4 is 15.9 Å². The minimum absolute atomic E-state index is 0.0742. The lowest BCUT2D eigenvalue weighted by Crippen LogP contribution is -2.23. The molecule has 1 atom stereocenters. The zero-order chi connectivity index (χ0) is 16.4. The molecule has 3 heteroatoms. The van der Waals surface area contributed by atoms with Crippen LogP contribution in [0.5, 0.6) is 5.75 Å². The number of phenols is 1. The van der Waals surface area contributed by atoms with E-state index in [9.17, 15) is 5.11 Å². The van der Waals surface area contributed by atoms with Crippen molar-refractivity contribution in [1.82, 2.24) is 5.32 Å². The van der Waals surface area contributed by atoms with Crippen LogP contribution in [0.3, 0.4) is 0 Å². The van der Waals surface area contributed by atoms with E-state index >= 15 is 0 Å². The summed E-state index contributed by atoms with van der Waals surface area (Å²) < 4.78 is 0. The highest BCUT2D eigenvalue weighted by atomic mass is 79.9. The van der Waals surface area contributed by atoms with Gasteiger partial charge in [-0.3, -0.25) is 0 Å². The normalized spacial score (nSPS) is 14.3. The molecule has 0 aliphatic heterocycles. The number of hydrogen-bond acceptors (Lipinski definition) is 2. The highest BCUT2D eigenvalue weighted by Crippen LogP contribution is 2.40. The fourth-order valence-electron chi connectivity index (χ4n) is 2.44. The number of phenolic OH excluding ortho intramolecular Hbond substituents is 1. The third kappa shape index (κ3) is 4.72. The average Bonchev–Trinajstić information content (AvgIpc) is 2.33. The number of halogens is 1. The molecule has 0 aromatic heterocycles. The van der Waals surface area contributed by atoms with Gasteiger partial charge in [0.15, 0.2) is 0 Å². The Hall–Kier alpha value is -0.540. The van der Waals surface area contributed by atoms with Crippen LogP contribution in [0.4, 0.5) is 0 Å². The van der Waals surface area contributed by atoms with E-state index in [0.717, 1.165) is 23.0 Å². The minimum atomic E-state index is -0.0742. The van der Waals surface area contributed by atoms with Crippen molar-refractivity contribution < 1.29 is 5.11 Å². The molecule has 1 aromatic carbocycles. The number of alkyl halides is 1. The van der Waals surface area contributed by atoms with Gasteiger partial charge in [-0.05, 0) is 34.4 Å². The van der Waals surface area contributed by atoms with Crippen LogP contribution in [0.2, 0.25) is 0 Å². The van der Waals surface area contributed by atoms with Crippen molar-refractivity contribution in [2.75, 3.05) is 11.9 Å². The third-order valence-electron chi connectivity index (χ3n) is 3.79. The molecule has 0 amide bonds. The molecular weight excluding hydrogens is 326 g/mol. The van der Waals surface area contributed by atoms with Crippen molar-refractivity contribution in [3.8, 4) is 5.75 Å². The van der Waals surface area contributed by atoms with Gasteiger partial charge in [-0.15, -0.1) is 0 Å². The van der Waals surface area contributed by atoms with Crippen molar-refractivity contribution in [3.05, 3.63) is 28.8 Å². The lowest BCUT2D eigenvalue weighted by molar-refractivity contribution is 0.421. The minimum Gasteiger partial charge on any atom is -0.507 e. The standard InChI is InChI=1S/C18H30BrNO/c1-12(20-9-8-19)13-10-14(17(2,3)4)16(21)15(11-13)18(5,6)7/h10-12,20-21H,8-9H2,1-7H3. The Bertz CT molecular complexity index is 448. The van der Waals surface area contributed by atoms with Gasteiger partial charge in [0.1, 0.15) is 5.75 Å². The third-order valence-corrected chi connectivity index (χ3v) is 4.19. The van der Waals surface area contributed by atoms with Crippen LogP contribution in [0.25, 0.3) is 0 Å². The van der Waals surface area contributed by atoms with Crippen molar-refractivity contribution in [2.24, 2.45) is 0 Å². The van der Waals surface area contributed by atoms with Crippen molar-refractivity contribution in [3.63, 3.8) is 0 Å². The maximum atomic E-state index is 10.7. The molecule has 0 spiro atoms. The van der Waals surface area contributed by atoms with Gasteiger partial charge in [0.2, 0.25) is 0 Å². The van der Waals surface area contributed by atoms with Crippen LogP contribution < -0.4 is 5.32 Å². The van der Waals surface area contributed by atoms with Crippen LogP contribution in [0.1, 0.15) is 71.2 Å². The number of hydrogen-bond donors (Lipinski definition) is 2. The maximum Gasteiger partial charge on any atom is 0.123 e. The van der Waals surface area contributed by atoms with Gasteiger partial charge in [-0.25, -0.2) is 0 Å². The lowest BCUT2D eigenvalue weighted by atomic mass is 9.78. The first-order chi connectivity index (χ1) is 9.48. The summed E-state index contributed by atoms with van der Waals surface area (Å²) in [6.07, 6.45) is 0. The van der Waals surface area contributed by atoms with Crippen LogP contribution in [0, 0.1) is 0 Å². The summed E-state index contributed by atoms with van der Waals surface area (Å²) in [6, 6.07) is 4.57. The Morgan fingerprint density at radius 2 is 1.48 bits per heavy atom. The van der Waals surface area contributed by atoms with E-state index in [1.54, 1.807) is 0 Å². The molecule has 21 heavy (non-hydrogen) atoms. The van der Waals surface area contributed by atoms with E-state index < -0.39 is 0 Å². The highest BCUT2D eigenvalue weighted by Gasteiger charge is 2.27. The first kappa shape index (κ1) is 18.5. The number of rotatable bonds is 4. The fourth-order valence-corrected chi connectivity index (χ4v) is 2.67. The smallest absolute Gasteiger partial charge is 0.123 e. The van der Waals surface area contributed by atoms with Crippen LogP contribution in [0.15, 0.2) is 12.1 Å². The quantitative estimate of drug-likeness (QED) is 0.742. The Kier molecular flexibility index (Phi) is 5.91. The zero-order valence-corrected chi connectivity index (χ0v) is 16.1. The summed E-state index contributed by atoms with van der Waals surface area (Å²) in [7, 11) is 0. The van der Waals surface area contributed by atoms with E-state index in [-0.39, 0.29) is 16.9 Å². The van der Waals surface area contributed by atoms with Gasteiger partial charge in [0, 0.05) is 17.9 Å². The van der Waals surface area contributed by atoms with E-state index in [2.05, 4.69) is 81.8 Å². The summed E-state index contributed by atoms with van der Waals surface area (Å²) in [5, 5.41) is 15.1. The highest BCUT2D eigenvalue weighted by molar-refractivity contribution is 9.09. The topological polar surface area (TPSA) is 32.3 Å². The van der Waals surface area contributed by atoms with Crippen molar-refractivity contribution in [1.29, 1.82) is 0 Å². The van der Waals surface area contributed by atoms with Gasteiger partial charge in [0.05, 0.1) is 0 Å². The molecule has 0 saturated heterocycles. The summed E-state index contributed by atoms with van der Waals surface area (Å²) >= 11 is 3.45. The molecule has 0 radical (unpaired) electrons. The molecule has 0 heterocycles. The average molecular weight is 356 g/mol. The molecule has 2 N–H and O–H groups in total. The SMILES string of the molecule is CC(NCCBr)c1cc(C(C)(C)C)c(O)c(C(C)(C)C)c1. The monoisotopic (exact) mass is 355 g/mol. The molecule has 0 saturated carbocycles. The van der Waals surface area contributed by atoms with Crippen LogP contribution >= 0.6 is 15.9 Å². The first-order valence-corrected chi connectivity index (χ1v) is 8.78. The van der Waals surface area contributed by atoms with Gasteiger partial charge in [-0.1, -0.05) is 69.6 Å². The second-order valence-corrected chi connectivity index (χ2v) is 8.62. The van der Waals surface area contributed by atoms with E-state index in [0.29, 0.717) is 5.75 Å². The summed E-state index contributed by atoms with van der Waals surface area (Å²) in [5.74, 6) is 0.450. The molecule has 0 bridgehead atoms. The number of nitrogens with one attached hydrogen (secondary N) is 1. The van der Waals surface area contributed by atoms with E-state index in [1.807, 2.05) is 0 Å². The van der Waals surface area contributed by atoms with E-state index in [1.165, 1.54) is 5.56 Å². The van der Waals surface area contributed by atoms with Gasteiger partial charge in [-0.2, -0.15) is 0 Å². The van der Waals surface area contributed by atoms with Crippen LogP contribution in [-0.2, 0) is 10.8 Å². The molecule has 0 fully saturated rings. The zero-order valence-electron chi connectivity index (χ0n) is 14.5. The Morgan fingerprint density at radius 3 is 1.81 bits per heavy atom. The second kappa shape index (κ2) is 6.70. The second-order valence-electron chi connectivity index (χ2n) is 7.83. The molecule has 2 nitrogen and oxygen atoms in total. The first-order valence-electron chi connectivity index (χ1n) is 7.65. The van der Waals surface area contributed by atoms with Gasteiger partial charge >= 0.3 is 0 Å². The number of benzene rings is 1. The summed E-state index contributed by atoms with van der Waals surface area (Å²) in [5.41, 5.74) is 3.14. The molecule has 1 aromatic rings. The number of aromatic hydroxyl groups is 1. The summed E-state index contributed by atoms with van der Waals surface area (Å²) in [4.78, 5) is 0. The molecule has 0 aliphatic carbocycles. The van der Waals surface area contributed by atoms with Gasteiger partial charge in [0.25, 0.3) is 0 Å². The van der Waals surface area contributed by atoms with Crippen molar-refractivity contribution in [2.45, 2.75) is 65.3 Å².